The van der Waals surface area contributed by atoms with E-state index in [4.69, 9.17) is 4.42 Å². The molecule has 0 fully saturated rings. The number of nitrogens with one attached hydrogen (secondary N) is 1. The molecule has 0 atom stereocenters. The molecule has 1 aromatic carbocycles. The molecule has 24 heavy (non-hydrogen) atoms. The summed E-state index contributed by atoms with van der Waals surface area (Å²) in [5.74, 6) is 0.660. The fourth-order valence-corrected chi connectivity index (χ4v) is 2.44. The molecule has 2 aromatic heterocycles. The average Bonchev–Trinajstić information content (AvgIpc) is 3.06. The van der Waals surface area contributed by atoms with Gasteiger partial charge in [0.2, 0.25) is 11.8 Å². The molecular weight excluding hydrogens is 372 g/mol. The van der Waals surface area contributed by atoms with E-state index in [1.165, 1.54) is 0 Å². The van der Waals surface area contributed by atoms with Gasteiger partial charge in [0.1, 0.15) is 5.69 Å². The Labute approximate surface area is 147 Å². The standard InChI is InChI=1S/C17H15BrN4O2/c1-11-5-6-12(10-13(11)18)20-15(23)7-8-16-21-22-17(24-16)14-4-2-3-9-19-14/h2-6,9-10H,7-8H2,1H3,(H,20,23). The number of pyridine rings is 1. The molecule has 0 radical (unpaired) electrons. The highest BCUT2D eigenvalue weighted by Crippen LogP contribution is 2.21. The maximum Gasteiger partial charge on any atom is 0.266 e. The normalized spacial score (nSPS) is 10.6. The summed E-state index contributed by atoms with van der Waals surface area (Å²) in [4.78, 5) is 16.2. The lowest BCUT2D eigenvalue weighted by Gasteiger charge is -2.06. The molecular formula is C17H15BrN4O2. The molecule has 0 bridgehead atoms. The Hall–Kier alpha value is -2.54. The number of amides is 1. The predicted molar refractivity (Wildman–Crippen MR) is 93.4 cm³/mol. The van der Waals surface area contributed by atoms with Crippen LogP contribution in [0.3, 0.4) is 0 Å². The van der Waals surface area contributed by atoms with Crippen LogP contribution in [-0.4, -0.2) is 21.1 Å². The predicted octanol–water partition coefficient (Wildman–Crippen LogP) is 3.77. The third-order valence-corrected chi connectivity index (χ3v) is 4.23. The van der Waals surface area contributed by atoms with Gasteiger partial charge < -0.3 is 9.73 Å². The van der Waals surface area contributed by atoms with Gasteiger partial charge in [-0.25, -0.2) is 0 Å². The van der Waals surface area contributed by atoms with Crippen molar-refractivity contribution < 1.29 is 9.21 Å². The highest BCUT2D eigenvalue weighted by molar-refractivity contribution is 9.10. The summed E-state index contributed by atoms with van der Waals surface area (Å²) in [6.07, 6.45) is 2.29. The van der Waals surface area contributed by atoms with E-state index in [1.807, 2.05) is 37.3 Å². The fraction of sp³-hybridized carbons (Fsp3) is 0.176. The van der Waals surface area contributed by atoms with Crippen LogP contribution < -0.4 is 5.32 Å². The first-order valence-corrected chi connectivity index (χ1v) is 8.21. The van der Waals surface area contributed by atoms with Gasteiger partial charge in [-0.15, -0.1) is 10.2 Å². The van der Waals surface area contributed by atoms with Gasteiger partial charge in [-0.1, -0.05) is 28.1 Å². The van der Waals surface area contributed by atoms with Crippen LogP contribution in [0.2, 0.25) is 0 Å². The van der Waals surface area contributed by atoms with Gasteiger partial charge in [0.15, 0.2) is 0 Å². The summed E-state index contributed by atoms with van der Waals surface area (Å²) >= 11 is 3.45. The fourth-order valence-electron chi connectivity index (χ4n) is 2.06. The van der Waals surface area contributed by atoms with E-state index < -0.39 is 0 Å². The van der Waals surface area contributed by atoms with E-state index in [9.17, 15) is 4.79 Å². The number of anilines is 1. The Morgan fingerprint density at radius 2 is 2.12 bits per heavy atom. The topological polar surface area (TPSA) is 80.9 Å². The Morgan fingerprint density at radius 3 is 2.88 bits per heavy atom. The second-order valence-corrected chi connectivity index (χ2v) is 6.08. The first-order valence-electron chi connectivity index (χ1n) is 7.41. The highest BCUT2D eigenvalue weighted by atomic mass is 79.9. The zero-order valence-corrected chi connectivity index (χ0v) is 14.6. The van der Waals surface area contributed by atoms with Crippen molar-refractivity contribution in [3.8, 4) is 11.6 Å². The van der Waals surface area contributed by atoms with Crippen molar-refractivity contribution in [1.82, 2.24) is 15.2 Å². The third kappa shape index (κ3) is 4.05. The van der Waals surface area contributed by atoms with E-state index >= 15 is 0 Å². The van der Waals surface area contributed by atoms with Crippen LogP contribution in [0.15, 0.2) is 51.5 Å². The van der Waals surface area contributed by atoms with E-state index in [1.54, 1.807) is 12.3 Å². The molecule has 122 valence electrons. The first-order chi connectivity index (χ1) is 11.6. The smallest absolute Gasteiger partial charge is 0.266 e. The van der Waals surface area contributed by atoms with Gasteiger partial charge in [-0.05, 0) is 36.8 Å². The lowest BCUT2D eigenvalue weighted by molar-refractivity contribution is -0.116. The van der Waals surface area contributed by atoms with Crippen LogP contribution in [0, 0.1) is 6.92 Å². The van der Waals surface area contributed by atoms with Crippen molar-refractivity contribution in [1.29, 1.82) is 0 Å². The number of carbonyl (C=O) groups excluding carboxylic acids is 1. The summed E-state index contributed by atoms with van der Waals surface area (Å²) < 4.78 is 6.49. The molecule has 0 aliphatic rings. The quantitative estimate of drug-likeness (QED) is 0.721. The lowest BCUT2D eigenvalue weighted by Crippen LogP contribution is -2.12. The summed E-state index contributed by atoms with van der Waals surface area (Å²) in [7, 11) is 0. The number of aromatic nitrogens is 3. The summed E-state index contributed by atoms with van der Waals surface area (Å²) in [5.41, 5.74) is 2.48. The second kappa shape index (κ2) is 7.35. The SMILES string of the molecule is Cc1ccc(NC(=O)CCc2nnc(-c3ccccn3)o2)cc1Br. The van der Waals surface area contributed by atoms with Gasteiger partial charge >= 0.3 is 0 Å². The van der Waals surface area contributed by atoms with Crippen molar-refractivity contribution in [3.63, 3.8) is 0 Å². The Morgan fingerprint density at radius 1 is 1.25 bits per heavy atom. The molecule has 2 heterocycles. The average molecular weight is 387 g/mol. The van der Waals surface area contributed by atoms with Crippen molar-refractivity contribution in [2.75, 3.05) is 5.32 Å². The molecule has 7 heteroatoms. The molecule has 6 nitrogen and oxygen atoms in total. The number of halogens is 1. The van der Waals surface area contributed by atoms with Crippen molar-refractivity contribution in [2.45, 2.75) is 19.8 Å². The molecule has 3 rings (SSSR count). The van der Waals surface area contributed by atoms with Crippen LogP contribution in [0.4, 0.5) is 5.69 Å². The second-order valence-electron chi connectivity index (χ2n) is 5.23. The van der Waals surface area contributed by atoms with Crippen LogP contribution in [-0.2, 0) is 11.2 Å². The maximum absolute atomic E-state index is 12.0. The largest absolute Gasteiger partial charge is 0.419 e. The highest BCUT2D eigenvalue weighted by Gasteiger charge is 2.11. The first kappa shape index (κ1) is 16.3. The zero-order chi connectivity index (χ0) is 16.9. The summed E-state index contributed by atoms with van der Waals surface area (Å²) in [5, 5.41) is 10.8. The van der Waals surface area contributed by atoms with Gasteiger partial charge in [0, 0.05) is 29.2 Å². The Bertz CT molecular complexity index is 849. The molecule has 1 N–H and O–H groups in total. The molecule has 0 saturated carbocycles. The number of hydrogen-bond acceptors (Lipinski definition) is 5. The van der Waals surface area contributed by atoms with E-state index in [2.05, 4.69) is 36.4 Å². The van der Waals surface area contributed by atoms with Crippen molar-refractivity contribution >= 4 is 27.5 Å². The van der Waals surface area contributed by atoms with E-state index in [-0.39, 0.29) is 12.3 Å². The number of hydrogen-bond donors (Lipinski definition) is 1. The minimum atomic E-state index is -0.108. The van der Waals surface area contributed by atoms with Crippen LogP contribution >= 0.6 is 15.9 Å². The Kier molecular flexibility index (Phi) is 5.00. The molecule has 1 amide bonds. The molecule has 0 aliphatic heterocycles. The molecule has 0 unspecified atom stereocenters. The maximum atomic E-state index is 12.0. The minimum Gasteiger partial charge on any atom is -0.419 e. The van der Waals surface area contributed by atoms with Crippen LogP contribution in [0.5, 0.6) is 0 Å². The zero-order valence-electron chi connectivity index (χ0n) is 13.0. The van der Waals surface area contributed by atoms with Gasteiger partial charge in [0.05, 0.1) is 0 Å². The monoisotopic (exact) mass is 386 g/mol. The number of nitrogens with zero attached hydrogens (tertiary/aromatic N) is 3. The van der Waals surface area contributed by atoms with Gasteiger partial charge in [-0.2, -0.15) is 0 Å². The van der Waals surface area contributed by atoms with Gasteiger partial charge in [0.25, 0.3) is 5.89 Å². The number of carbonyl (C=O) groups is 1. The van der Waals surface area contributed by atoms with Crippen LogP contribution in [0.1, 0.15) is 17.9 Å². The van der Waals surface area contributed by atoms with Crippen molar-refractivity contribution in [3.05, 3.63) is 58.5 Å². The number of aryl methyl sites for hydroxylation is 2. The van der Waals surface area contributed by atoms with E-state index in [0.717, 1.165) is 15.7 Å². The molecule has 0 aliphatic carbocycles. The minimum absolute atomic E-state index is 0.108. The van der Waals surface area contributed by atoms with Crippen LogP contribution in [0.25, 0.3) is 11.6 Å². The van der Waals surface area contributed by atoms with Crippen molar-refractivity contribution in [2.24, 2.45) is 0 Å². The molecule has 0 saturated heterocycles. The number of benzene rings is 1. The summed E-state index contributed by atoms with van der Waals surface area (Å²) in [6, 6.07) is 11.1. The van der Waals surface area contributed by atoms with E-state index in [0.29, 0.717) is 23.9 Å². The molecule has 0 spiro atoms. The number of rotatable bonds is 5. The Balaban J connectivity index is 1.56. The lowest BCUT2D eigenvalue weighted by atomic mass is 10.2. The molecule has 3 aromatic rings. The third-order valence-electron chi connectivity index (χ3n) is 3.37. The summed E-state index contributed by atoms with van der Waals surface area (Å²) in [6.45, 7) is 1.99. The van der Waals surface area contributed by atoms with Gasteiger partial charge in [-0.3, -0.25) is 9.78 Å².